The molecule has 0 aliphatic rings. The zero-order valence-electron chi connectivity index (χ0n) is 8.85. The van der Waals surface area contributed by atoms with Gasteiger partial charge in [-0.15, -0.1) is 0 Å². The van der Waals surface area contributed by atoms with Crippen LogP contribution in [0.5, 0.6) is 0 Å². The van der Waals surface area contributed by atoms with Gasteiger partial charge in [-0.25, -0.2) is 9.67 Å². The van der Waals surface area contributed by atoms with E-state index in [1.807, 2.05) is 5.32 Å². The summed E-state index contributed by atoms with van der Waals surface area (Å²) < 4.78 is 37.0. The van der Waals surface area contributed by atoms with Gasteiger partial charge in [0.25, 0.3) is 0 Å². The van der Waals surface area contributed by atoms with Gasteiger partial charge in [-0.3, -0.25) is 4.79 Å². The fraction of sp³-hybridized carbons (Fsp3) is 0.625. The lowest BCUT2D eigenvalue weighted by Crippen LogP contribution is -2.42. The van der Waals surface area contributed by atoms with Gasteiger partial charge in [0.1, 0.15) is 18.7 Å². The van der Waals surface area contributed by atoms with Crippen LogP contribution in [0.15, 0.2) is 12.7 Å². The molecule has 0 spiro atoms. The van der Waals surface area contributed by atoms with E-state index in [0.29, 0.717) is 0 Å². The van der Waals surface area contributed by atoms with Gasteiger partial charge < -0.3 is 10.4 Å². The number of amides is 1. The van der Waals surface area contributed by atoms with Crippen molar-refractivity contribution in [1.29, 1.82) is 0 Å². The van der Waals surface area contributed by atoms with E-state index < -0.39 is 30.8 Å². The molecule has 9 heteroatoms. The highest BCUT2D eigenvalue weighted by Gasteiger charge is 2.38. The Morgan fingerprint density at radius 2 is 2.24 bits per heavy atom. The molecular weight excluding hydrogens is 241 g/mol. The number of aromatic nitrogens is 3. The summed E-state index contributed by atoms with van der Waals surface area (Å²) >= 11 is 0. The Balaban J connectivity index is 2.45. The van der Waals surface area contributed by atoms with Gasteiger partial charge >= 0.3 is 6.18 Å². The molecule has 0 radical (unpaired) electrons. The van der Waals surface area contributed by atoms with Crippen LogP contribution >= 0.6 is 0 Å². The van der Waals surface area contributed by atoms with E-state index in [-0.39, 0.29) is 0 Å². The van der Waals surface area contributed by atoms with Crippen molar-refractivity contribution in [1.82, 2.24) is 20.1 Å². The highest BCUT2D eigenvalue weighted by molar-refractivity contribution is 5.79. The van der Waals surface area contributed by atoms with E-state index in [2.05, 4.69) is 10.1 Å². The second kappa shape index (κ2) is 5.13. The number of hydrogen-bond donors (Lipinski definition) is 2. The van der Waals surface area contributed by atoms with Crippen molar-refractivity contribution in [3.63, 3.8) is 0 Å². The number of nitrogens with one attached hydrogen (secondary N) is 1. The number of aliphatic hydroxyl groups is 1. The number of carbonyl (C=O) groups excluding carboxylic acids is 1. The lowest BCUT2D eigenvalue weighted by Gasteiger charge is -2.17. The number of hydrogen-bond acceptors (Lipinski definition) is 4. The van der Waals surface area contributed by atoms with Crippen LogP contribution in [0, 0.1) is 0 Å². The van der Waals surface area contributed by atoms with E-state index in [1.165, 1.54) is 24.3 Å². The minimum absolute atomic E-state index is 0.682. The maximum absolute atomic E-state index is 11.9. The maximum Gasteiger partial charge on any atom is 0.416 e. The molecular formula is C8H11F3N4O2. The van der Waals surface area contributed by atoms with Gasteiger partial charge in [0.05, 0.1) is 6.54 Å². The summed E-state index contributed by atoms with van der Waals surface area (Å²) in [4.78, 5) is 15.0. The van der Waals surface area contributed by atoms with E-state index in [0.717, 1.165) is 0 Å². The van der Waals surface area contributed by atoms with Crippen molar-refractivity contribution >= 4 is 5.91 Å². The molecule has 1 aromatic heterocycles. The zero-order valence-corrected chi connectivity index (χ0v) is 8.85. The van der Waals surface area contributed by atoms with E-state index >= 15 is 0 Å². The lowest BCUT2D eigenvalue weighted by molar-refractivity contribution is -0.201. The molecule has 2 unspecified atom stereocenters. The molecule has 0 aliphatic heterocycles. The number of alkyl halides is 3. The molecule has 0 bridgehead atoms. The standard InChI is InChI=1S/C8H11F3N4O2/c1-5(15-4-12-3-14-15)7(17)13-2-6(16)8(9,10)11/h3-6,16H,2H2,1H3,(H,13,17). The molecule has 1 heterocycles. The summed E-state index contributed by atoms with van der Waals surface area (Å²) in [5.41, 5.74) is 0. The first-order valence-corrected chi connectivity index (χ1v) is 4.69. The Bertz CT molecular complexity index is 365. The summed E-state index contributed by atoms with van der Waals surface area (Å²) in [5.74, 6) is -0.682. The SMILES string of the molecule is CC(C(=O)NCC(O)C(F)(F)F)n1cncn1. The molecule has 1 rings (SSSR count). The third-order valence-corrected chi connectivity index (χ3v) is 2.06. The first-order chi connectivity index (χ1) is 7.82. The number of halogens is 3. The molecule has 2 N–H and O–H groups in total. The Morgan fingerprint density at radius 3 is 2.71 bits per heavy atom. The number of nitrogens with zero attached hydrogens (tertiary/aromatic N) is 3. The van der Waals surface area contributed by atoms with E-state index in [4.69, 9.17) is 5.11 Å². The smallest absolute Gasteiger partial charge is 0.382 e. The van der Waals surface area contributed by atoms with Gasteiger partial charge in [-0.2, -0.15) is 18.3 Å². The molecule has 0 aromatic carbocycles. The van der Waals surface area contributed by atoms with Crippen LogP contribution in [-0.2, 0) is 4.79 Å². The maximum atomic E-state index is 11.9. The molecule has 1 aromatic rings. The predicted molar refractivity (Wildman–Crippen MR) is 49.8 cm³/mol. The number of carbonyl (C=O) groups is 1. The van der Waals surface area contributed by atoms with Crippen LogP contribution in [0.3, 0.4) is 0 Å². The van der Waals surface area contributed by atoms with Crippen molar-refractivity contribution in [3.8, 4) is 0 Å². The fourth-order valence-corrected chi connectivity index (χ4v) is 0.998. The molecule has 2 atom stereocenters. The fourth-order valence-electron chi connectivity index (χ4n) is 0.998. The third kappa shape index (κ3) is 3.70. The summed E-state index contributed by atoms with van der Waals surface area (Å²) in [6.07, 6.45) is -4.85. The first-order valence-electron chi connectivity index (χ1n) is 4.69. The Kier molecular flexibility index (Phi) is 4.05. The summed E-state index contributed by atoms with van der Waals surface area (Å²) in [7, 11) is 0. The topological polar surface area (TPSA) is 80.0 Å². The molecule has 17 heavy (non-hydrogen) atoms. The van der Waals surface area contributed by atoms with Crippen LogP contribution in [0.25, 0.3) is 0 Å². The number of rotatable bonds is 4. The molecule has 0 saturated heterocycles. The molecule has 0 aliphatic carbocycles. The van der Waals surface area contributed by atoms with Crippen molar-refractivity contribution in [2.75, 3.05) is 6.54 Å². The van der Waals surface area contributed by atoms with E-state index in [9.17, 15) is 18.0 Å². The first kappa shape index (κ1) is 13.4. The van der Waals surface area contributed by atoms with Gasteiger partial charge in [0.2, 0.25) is 5.91 Å². The van der Waals surface area contributed by atoms with Crippen molar-refractivity contribution in [3.05, 3.63) is 12.7 Å². The summed E-state index contributed by atoms with van der Waals surface area (Å²) in [5, 5.41) is 14.3. The Morgan fingerprint density at radius 1 is 1.59 bits per heavy atom. The second-order valence-corrected chi connectivity index (χ2v) is 3.35. The minimum atomic E-state index is -4.75. The molecule has 96 valence electrons. The Hall–Kier alpha value is -1.64. The average Bonchev–Trinajstić information content (AvgIpc) is 2.76. The summed E-state index contributed by atoms with van der Waals surface area (Å²) in [6, 6.07) is -0.794. The van der Waals surface area contributed by atoms with Gasteiger partial charge in [0, 0.05) is 0 Å². The molecule has 0 fully saturated rings. The second-order valence-electron chi connectivity index (χ2n) is 3.35. The van der Waals surface area contributed by atoms with Crippen LogP contribution < -0.4 is 5.32 Å². The van der Waals surface area contributed by atoms with Gasteiger partial charge in [-0.1, -0.05) is 0 Å². The van der Waals surface area contributed by atoms with Gasteiger partial charge in [-0.05, 0) is 6.92 Å². The van der Waals surface area contributed by atoms with Crippen molar-refractivity contribution < 1.29 is 23.1 Å². The van der Waals surface area contributed by atoms with Crippen LogP contribution in [0.2, 0.25) is 0 Å². The highest BCUT2D eigenvalue weighted by atomic mass is 19.4. The van der Waals surface area contributed by atoms with Crippen LogP contribution in [-0.4, -0.2) is 44.6 Å². The summed E-state index contributed by atoms with van der Waals surface area (Å²) in [6.45, 7) is 0.561. The van der Waals surface area contributed by atoms with Crippen molar-refractivity contribution in [2.45, 2.75) is 25.2 Å². The normalized spacial score (nSPS) is 15.4. The zero-order chi connectivity index (χ0) is 13.1. The highest BCUT2D eigenvalue weighted by Crippen LogP contribution is 2.19. The van der Waals surface area contributed by atoms with Crippen LogP contribution in [0.4, 0.5) is 13.2 Å². The lowest BCUT2D eigenvalue weighted by atomic mass is 10.3. The molecule has 0 saturated carbocycles. The van der Waals surface area contributed by atoms with Crippen LogP contribution in [0.1, 0.15) is 13.0 Å². The largest absolute Gasteiger partial charge is 0.416 e. The van der Waals surface area contributed by atoms with E-state index in [1.54, 1.807) is 0 Å². The van der Waals surface area contributed by atoms with Crippen molar-refractivity contribution in [2.24, 2.45) is 0 Å². The number of aliphatic hydroxyl groups excluding tert-OH is 1. The van der Waals surface area contributed by atoms with Gasteiger partial charge in [0.15, 0.2) is 6.10 Å². The predicted octanol–water partition coefficient (Wildman–Crippen LogP) is -0.122. The molecule has 6 nitrogen and oxygen atoms in total. The monoisotopic (exact) mass is 252 g/mol. The molecule has 1 amide bonds. The average molecular weight is 252 g/mol. The quantitative estimate of drug-likeness (QED) is 0.782. The third-order valence-electron chi connectivity index (χ3n) is 2.06. The minimum Gasteiger partial charge on any atom is -0.382 e. The Labute approximate surface area is 94.5 Å².